The summed E-state index contributed by atoms with van der Waals surface area (Å²) in [5.74, 6) is 0.272. The fourth-order valence-electron chi connectivity index (χ4n) is 4.80. The van der Waals surface area contributed by atoms with E-state index < -0.39 is 13.7 Å². The summed E-state index contributed by atoms with van der Waals surface area (Å²) in [6.45, 7) is 16.1. The van der Waals surface area contributed by atoms with Crippen LogP contribution in [0.3, 0.4) is 0 Å². The summed E-state index contributed by atoms with van der Waals surface area (Å²) in [5.41, 5.74) is 3.66. The van der Waals surface area contributed by atoms with Crippen molar-refractivity contribution in [3.8, 4) is 16.9 Å². The predicted molar refractivity (Wildman–Crippen MR) is 174 cm³/mol. The molecule has 1 N–H and O–H groups in total. The number of hydrogen-bond acceptors (Lipinski definition) is 9. The first kappa shape index (κ1) is 31.6. The Morgan fingerprint density at radius 1 is 1.09 bits per heavy atom. The van der Waals surface area contributed by atoms with Gasteiger partial charge in [0.05, 0.1) is 48.0 Å². The van der Waals surface area contributed by atoms with Crippen molar-refractivity contribution in [1.29, 1.82) is 0 Å². The van der Waals surface area contributed by atoms with Crippen LogP contribution in [0.25, 0.3) is 22.0 Å². The Bertz CT molecular complexity index is 1680. The molecule has 1 aliphatic rings. The Labute approximate surface area is 262 Å². The summed E-state index contributed by atoms with van der Waals surface area (Å²) in [5, 5.41) is 8.85. The van der Waals surface area contributed by atoms with Gasteiger partial charge in [0.15, 0.2) is 5.13 Å². The summed E-state index contributed by atoms with van der Waals surface area (Å²) in [6, 6.07) is 6.87. The van der Waals surface area contributed by atoms with Gasteiger partial charge in [0.1, 0.15) is 18.1 Å². The second-order valence-corrected chi connectivity index (χ2v) is 19.9. The molecular weight excluding hydrogens is 597 g/mol. The van der Waals surface area contributed by atoms with Gasteiger partial charge in [-0.2, -0.15) is 5.10 Å². The van der Waals surface area contributed by atoms with E-state index in [2.05, 4.69) is 40.0 Å². The number of carbonyl (C=O) groups is 2. The number of hydrogen-bond donors (Lipinski definition) is 1. The fraction of sp³-hybridized carbons (Fsp3) is 0.452. The maximum absolute atomic E-state index is 13.6. The van der Waals surface area contributed by atoms with Crippen LogP contribution in [0.1, 0.15) is 47.4 Å². The molecule has 0 saturated heterocycles. The minimum Gasteiger partial charge on any atom is -0.496 e. The van der Waals surface area contributed by atoms with Crippen molar-refractivity contribution in [1.82, 2.24) is 24.6 Å². The number of amides is 2. The molecule has 1 aromatic carbocycles. The molecule has 0 radical (unpaired) electrons. The summed E-state index contributed by atoms with van der Waals surface area (Å²) in [7, 11) is 0.426. The monoisotopic (exact) mass is 636 g/mol. The third-order valence-corrected chi connectivity index (χ3v) is 9.78. The minimum absolute atomic E-state index is 0.336. The molecule has 0 saturated carbocycles. The topological polar surface area (TPSA) is 121 Å². The lowest BCUT2D eigenvalue weighted by atomic mass is 9.98. The molecule has 4 heterocycles. The lowest BCUT2D eigenvalue weighted by molar-refractivity contribution is 0.0241. The van der Waals surface area contributed by atoms with Crippen LogP contribution in [0, 0.1) is 6.92 Å². The zero-order chi connectivity index (χ0) is 31.8. The maximum atomic E-state index is 13.6. The molecule has 0 fully saturated rings. The number of fused-ring (bicyclic) bond motifs is 2. The lowest BCUT2D eigenvalue weighted by Crippen LogP contribution is -2.33. The van der Waals surface area contributed by atoms with E-state index >= 15 is 0 Å². The summed E-state index contributed by atoms with van der Waals surface area (Å²) >= 11 is 1.35. The van der Waals surface area contributed by atoms with E-state index in [1.54, 1.807) is 24.4 Å². The second-order valence-electron chi connectivity index (χ2n) is 13.2. The van der Waals surface area contributed by atoms with Gasteiger partial charge in [-0.15, -0.1) is 0 Å². The van der Waals surface area contributed by atoms with Crippen molar-refractivity contribution in [2.24, 2.45) is 0 Å². The highest BCUT2D eigenvalue weighted by atomic mass is 32.1. The first-order valence-electron chi connectivity index (χ1n) is 14.6. The Hall–Kier alpha value is -3.81. The molecule has 1 aliphatic heterocycles. The van der Waals surface area contributed by atoms with Gasteiger partial charge in [-0.05, 0) is 45.9 Å². The third-order valence-electron chi connectivity index (χ3n) is 7.07. The number of benzene rings is 1. The number of pyridine rings is 1. The number of carbonyl (C=O) groups excluding carboxylic acids is 2. The van der Waals surface area contributed by atoms with Crippen LogP contribution in [-0.2, 0) is 29.3 Å². The summed E-state index contributed by atoms with van der Waals surface area (Å²) in [4.78, 5) is 37.6. The summed E-state index contributed by atoms with van der Waals surface area (Å²) in [6.07, 6.45) is 2.99. The standard InChI is InChI=1S/C31H40N6O5SSi/c1-19-11-21(22-12-20-14-33-37(25(20)13-26(22)40-5)18-41-9-10-44(6,7)8)23(15-32-19)28(38)35-29-34-24-16-36(17-27(24)43-29)30(39)42-31(2,3)4/h11-15H,9-10,16-18H2,1-8H3,(H,34,35,38). The number of methoxy groups -OCH3 is 1. The minimum atomic E-state index is -1.19. The molecule has 11 nitrogen and oxygen atoms in total. The number of rotatable bonds is 9. The number of nitrogens with one attached hydrogen (secondary N) is 1. The number of ether oxygens (including phenoxy) is 3. The average Bonchev–Trinajstić information content (AvgIpc) is 3.62. The third kappa shape index (κ3) is 7.28. The number of thiazole rings is 1. The molecule has 3 aromatic heterocycles. The molecule has 0 unspecified atom stereocenters. The highest BCUT2D eigenvalue weighted by Crippen LogP contribution is 2.37. The van der Waals surface area contributed by atoms with Gasteiger partial charge in [0.25, 0.3) is 5.91 Å². The smallest absolute Gasteiger partial charge is 0.410 e. The van der Waals surface area contributed by atoms with E-state index in [0.717, 1.165) is 38.8 Å². The largest absolute Gasteiger partial charge is 0.496 e. The molecule has 0 aliphatic carbocycles. The maximum Gasteiger partial charge on any atom is 0.410 e. The van der Waals surface area contributed by atoms with Crippen LogP contribution in [0.15, 0.2) is 30.6 Å². The van der Waals surface area contributed by atoms with Crippen LogP contribution < -0.4 is 10.1 Å². The van der Waals surface area contributed by atoms with E-state index in [0.29, 0.717) is 48.4 Å². The van der Waals surface area contributed by atoms with Gasteiger partial charge in [0.2, 0.25) is 0 Å². The predicted octanol–water partition coefficient (Wildman–Crippen LogP) is 6.69. The first-order valence-corrected chi connectivity index (χ1v) is 19.1. The van der Waals surface area contributed by atoms with Gasteiger partial charge in [-0.3, -0.25) is 20.0 Å². The van der Waals surface area contributed by atoms with Crippen molar-refractivity contribution in [2.75, 3.05) is 19.0 Å². The van der Waals surface area contributed by atoms with E-state index in [9.17, 15) is 9.59 Å². The second kappa shape index (κ2) is 12.3. The lowest BCUT2D eigenvalue weighted by Gasteiger charge is -2.24. The Kier molecular flexibility index (Phi) is 8.83. The van der Waals surface area contributed by atoms with Crippen molar-refractivity contribution in [2.45, 2.75) is 78.8 Å². The van der Waals surface area contributed by atoms with Gasteiger partial charge < -0.3 is 14.2 Å². The number of anilines is 1. The Morgan fingerprint density at radius 3 is 2.55 bits per heavy atom. The first-order chi connectivity index (χ1) is 20.7. The van der Waals surface area contributed by atoms with Crippen molar-refractivity contribution in [3.05, 3.63) is 52.4 Å². The van der Waals surface area contributed by atoms with E-state index in [1.807, 2.05) is 50.6 Å². The van der Waals surface area contributed by atoms with Crippen LogP contribution >= 0.6 is 11.3 Å². The van der Waals surface area contributed by atoms with Gasteiger partial charge >= 0.3 is 6.09 Å². The Balaban J connectivity index is 1.35. The molecular formula is C31H40N6O5SSi. The van der Waals surface area contributed by atoms with Gasteiger partial charge in [-0.25, -0.2) is 14.5 Å². The zero-order valence-corrected chi connectivity index (χ0v) is 28.4. The molecule has 234 valence electrons. The van der Waals surface area contributed by atoms with Crippen molar-refractivity contribution < 1.29 is 23.8 Å². The fourth-order valence-corrected chi connectivity index (χ4v) is 6.53. The quantitative estimate of drug-likeness (QED) is 0.159. The SMILES string of the molecule is COc1cc2c(cnn2COCC[Si](C)(C)C)cc1-c1cc(C)ncc1C(=O)Nc1nc2c(s1)CN(C(=O)OC(C)(C)C)C2. The van der Waals surface area contributed by atoms with Crippen LogP contribution in [0.4, 0.5) is 9.93 Å². The van der Waals surface area contributed by atoms with Gasteiger partial charge in [-0.1, -0.05) is 31.0 Å². The molecule has 0 atom stereocenters. The average molecular weight is 637 g/mol. The molecule has 0 bridgehead atoms. The number of aryl methyl sites for hydroxylation is 1. The van der Waals surface area contributed by atoms with Crippen molar-refractivity contribution >= 4 is 47.4 Å². The van der Waals surface area contributed by atoms with Gasteiger partial charge in [0, 0.05) is 49.2 Å². The molecule has 4 aromatic rings. The van der Waals surface area contributed by atoms with Crippen LogP contribution in [0.2, 0.25) is 25.7 Å². The van der Waals surface area contributed by atoms with E-state index in [-0.39, 0.29) is 12.0 Å². The highest BCUT2D eigenvalue weighted by molar-refractivity contribution is 7.16. The molecule has 2 amide bonds. The van der Waals surface area contributed by atoms with Crippen molar-refractivity contribution in [3.63, 3.8) is 0 Å². The molecule has 0 spiro atoms. The summed E-state index contributed by atoms with van der Waals surface area (Å²) < 4.78 is 19.1. The van der Waals surface area contributed by atoms with Crippen LogP contribution in [-0.4, -0.2) is 64.0 Å². The number of nitrogens with zero attached hydrogens (tertiary/aromatic N) is 5. The number of aromatic nitrogens is 4. The molecule has 5 rings (SSSR count). The Morgan fingerprint density at radius 2 is 1.86 bits per heavy atom. The molecule has 44 heavy (non-hydrogen) atoms. The normalized spacial score (nSPS) is 13.3. The van der Waals surface area contributed by atoms with E-state index in [1.165, 1.54) is 11.3 Å². The van der Waals surface area contributed by atoms with Crippen LogP contribution in [0.5, 0.6) is 5.75 Å². The zero-order valence-electron chi connectivity index (χ0n) is 26.6. The highest BCUT2D eigenvalue weighted by Gasteiger charge is 2.31. The molecule has 13 heteroatoms. The van der Waals surface area contributed by atoms with E-state index in [4.69, 9.17) is 14.2 Å².